The SMILES string of the molecule is Cc1ccccc1[C@H](C)CC[C@H](C)c1ccccc1C. The fraction of sp³-hybridized carbons (Fsp3) is 0.400. The van der Waals surface area contributed by atoms with Gasteiger partial charge in [-0.25, -0.2) is 0 Å². The van der Waals surface area contributed by atoms with Crippen molar-refractivity contribution in [1.82, 2.24) is 0 Å². The second-order valence-electron chi connectivity index (χ2n) is 6.09. The lowest BCUT2D eigenvalue weighted by atomic mass is 9.86. The Morgan fingerprint density at radius 1 is 0.650 bits per heavy atom. The van der Waals surface area contributed by atoms with Crippen LogP contribution in [0.2, 0.25) is 0 Å². The topological polar surface area (TPSA) is 0 Å². The fourth-order valence-corrected chi connectivity index (χ4v) is 3.09. The van der Waals surface area contributed by atoms with Crippen LogP contribution in [0.25, 0.3) is 0 Å². The second kappa shape index (κ2) is 6.74. The Balaban J connectivity index is 1.99. The van der Waals surface area contributed by atoms with Gasteiger partial charge >= 0.3 is 0 Å². The lowest BCUT2D eigenvalue weighted by molar-refractivity contribution is 0.571. The van der Waals surface area contributed by atoms with Crippen molar-refractivity contribution in [3.63, 3.8) is 0 Å². The van der Waals surface area contributed by atoms with E-state index in [1.54, 1.807) is 0 Å². The van der Waals surface area contributed by atoms with E-state index in [-0.39, 0.29) is 0 Å². The molecule has 0 spiro atoms. The second-order valence-corrected chi connectivity index (χ2v) is 6.09. The molecule has 0 aliphatic rings. The van der Waals surface area contributed by atoms with E-state index < -0.39 is 0 Å². The molecule has 0 heterocycles. The van der Waals surface area contributed by atoms with Crippen LogP contribution in [0, 0.1) is 13.8 Å². The van der Waals surface area contributed by atoms with Crippen LogP contribution < -0.4 is 0 Å². The van der Waals surface area contributed by atoms with Gasteiger partial charge in [-0.2, -0.15) is 0 Å². The minimum Gasteiger partial charge on any atom is -0.0620 e. The summed E-state index contributed by atoms with van der Waals surface area (Å²) in [5.41, 5.74) is 5.85. The molecule has 0 saturated heterocycles. The van der Waals surface area contributed by atoms with E-state index >= 15 is 0 Å². The highest BCUT2D eigenvalue weighted by atomic mass is 14.2. The molecule has 0 nitrogen and oxygen atoms in total. The quantitative estimate of drug-likeness (QED) is 0.623. The van der Waals surface area contributed by atoms with Gasteiger partial charge in [0.2, 0.25) is 0 Å². The molecule has 0 N–H and O–H groups in total. The molecule has 0 radical (unpaired) electrons. The number of hydrogen-bond donors (Lipinski definition) is 0. The minimum atomic E-state index is 0.641. The van der Waals surface area contributed by atoms with Crippen LogP contribution in [0.15, 0.2) is 48.5 Å². The maximum absolute atomic E-state index is 2.35. The Morgan fingerprint density at radius 2 is 1.00 bits per heavy atom. The van der Waals surface area contributed by atoms with Crippen LogP contribution in [0.3, 0.4) is 0 Å². The summed E-state index contributed by atoms with van der Waals surface area (Å²) in [4.78, 5) is 0. The zero-order chi connectivity index (χ0) is 14.5. The summed E-state index contributed by atoms with van der Waals surface area (Å²) in [6.45, 7) is 9.15. The van der Waals surface area contributed by atoms with Crippen LogP contribution >= 0.6 is 0 Å². The van der Waals surface area contributed by atoms with E-state index in [4.69, 9.17) is 0 Å². The lowest BCUT2D eigenvalue weighted by Crippen LogP contribution is -2.01. The van der Waals surface area contributed by atoms with E-state index in [0.717, 1.165) is 0 Å². The van der Waals surface area contributed by atoms with Crippen molar-refractivity contribution >= 4 is 0 Å². The predicted molar refractivity (Wildman–Crippen MR) is 88.4 cm³/mol. The predicted octanol–water partition coefficient (Wildman–Crippen LogP) is 5.99. The first kappa shape index (κ1) is 14.8. The summed E-state index contributed by atoms with van der Waals surface area (Å²) >= 11 is 0. The van der Waals surface area contributed by atoms with Gasteiger partial charge in [0.05, 0.1) is 0 Å². The zero-order valence-electron chi connectivity index (χ0n) is 13.2. The summed E-state index contributed by atoms with van der Waals surface area (Å²) in [6, 6.07) is 17.6. The minimum absolute atomic E-state index is 0.641. The smallest absolute Gasteiger partial charge is 0.0188 e. The number of aryl methyl sites for hydroxylation is 2. The van der Waals surface area contributed by atoms with E-state index in [1.165, 1.54) is 35.1 Å². The lowest BCUT2D eigenvalue weighted by Gasteiger charge is -2.19. The summed E-state index contributed by atoms with van der Waals surface area (Å²) in [7, 11) is 0. The largest absolute Gasteiger partial charge is 0.0620 e. The molecule has 0 unspecified atom stereocenters. The summed E-state index contributed by atoms with van der Waals surface area (Å²) < 4.78 is 0. The maximum atomic E-state index is 2.35. The first-order valence-electron chi connectivity index (χ1n) is 7.70. The third kappa shape index (κ3) is 3.50. The van der Waals surface area contributed by atoms with E-state index in [9.17, 15) is 0 Å². The highest BCUT2D eigenvalue weighted by molar-refractivity contribution is 5.30. The Labute approximate surface area is 123 Å². The zero-order valence-corrected chi connectivity index (χ0v) is 13.2. The van der Waals surface area contributed by atoms with Crippen molar-refractivity contribution in [1.29, 1.82) is 0 Å². The monoisotopic (exact) mass is 266 g/mol. The molecular weight excluding hydrogens is 240 g/mol. The van der Waals surface area contributed by atoms with Crippen LogP contribution in [0.1, 0.15) is 60.8 Å². The Hall–Kier alpha value is -1.56. The standard InChI is InChI=1S/C20H26/c1-15-9-5-7-11-19(15)17(3)13-14-18(4)20-12-8-6-10-16(20)2/h5-12,17-18H,13-14H2,1-4H3/t17-,18+. The molecule has 0 aliphatic carbocycles. The highest BCUT2D eigenvalue weighted by Crippen LogP contribution is 2.30. The van der Waals surface area contributed by atoms with E-state index in [2.05, 4.69) is 76.2 Å². The van der Waals surface area contributed by atoms with Gasteiger partial charge in [-0.3, -0.25) is 0 Å². The van der Waals surface area contributed by atoms with Crippen LogP contribution in [0.5, 0.6) is 0 Å². The number of benzene rings is 2. The molecule has 0 bridgehead atoms. The van der Waals surface area contributed by atoms with Gasteiger partial charge in [-0.15, -0.1) is 0 Å². The molecule has 0 amide bonds. The summed E-state index contributed by atoms with van der Waals surface area (Å²) in [6.07, 6.45) is 2.50. The molecule has 0 aromatic heterocycles. The van der Waals surface area contributed by atoms with Gasteiger partial charge < -0.3 is 0 Å². The average molecular weight is 266 g/mol. The first-order valence-corrected chi connectivity index (χ1v) is 7.70. The summed E-state index contributed by atoms with van der Waals surface area (Å²) in [5, 5.41) is 0. The van der Waals surface area contributed by atoms with Crippen molar-refractivity contribution < 1.29 is 0 Å². The van der Waals surface area contributed by atoms with Crippen LogP contribution in [0.4, 0.5) is 0 Å². The maximum Gasteiger partial charge on any atom is -0.0188 e. The Morgan fingerprint density at radius 3 is 1.35 bits per heavy atom. The molecular formula is C20H26. The van der Waals surface area contributed by atoms with E-state index in [0.29, 0.717) is 11.8 Å². The molecule has 2 aromatic carbocycles. The van der Waals surface area contributed by atoms with Crippen molar-refractivity contribution in [2.75, 3.05) is 0 Å². The van der Waals surface area contributed by atoms with Gasteiger partial charge in [0, 0.05) is 0 Å². The Kier molecular flexibility index (Phi) is 5.00. The summed E-state index contributed by atoms with van der Waals surface area (Å²) in [5.74, 6) is 1.28. The van der Waals surface area contributed by atoms with Gasteiger partial charge in [-0.05, 0) is 60.8 Å². The molecule has 0 aliphatic heterocycles. The van der Waals surface area contributed by atoms with Gasteiger partial charge in [0.15, 0.2) is 0 Å². The molecule has 20 heavy (non-hydrogen) atoms. The highest BCUT2D eigenvalue weighted by Gasteiger charge is 2.12. The average Bonchev–Trinajstić information content (AvgIpc) is 2.45. The van der Waals surface area contributed by atoms with Crippen LogP contribution in [-0.4, -0.2) is 0 Å². The number of rotatable bonds is 5. The fourth-order valence-electron chi connectivity index (χ4n) is 3.09. The number of hydrogen-bond acceptors (Lipinski definition) is 0. The van der Waals surface area contributed by atoms with Gasteiger partial charge in [0.25, 0.3) is 0 Å². The van der Waals surface area contributed by atoms with Crippen LogP contribution in [-0.2, 0) is 0 Å². The van der Waals surface area contributed by atoms with Crippen molar-refractivity contribution in [3.8, 4) is 0 Å². The van der Waals surface area contributed by atoms with Crippen molar-refractivity contribution in [3.05, 3.63) is 70.8 Å². The molecule has 2 rings (SSSR count). The van der Waals surface area contributed by atoms with Gasteiger partial charge in [0.1, 0.15) is 0 Å². The third-order valence-corrected chi connectivity index (χ3v) is 4.47. The molecule has 2 atom stereocenters. The molecule has 2 aromatic rings. The van der Waals surface area contributed by atoms with Crippen molar-refractivity contribution in [2.45, 2.75) is 52.4 Å². The normalized spacial score (nSPS) is 14.0. The van der Waals surface area contributed by atoms with E-state index in [1.807, 2.05) is 0 Å². The molecule has 0 fully saturated rings. The van der Waals surface area contributed by atoms with Crippen molar-refractivity contribution in [2.24, 2.45) is 0 Å². The first-order chi connectivity index (χ1) is 9.59. The molecule has 0 saturated carbocycles. The molecule has 106 valence electrons. The Bertz CT molecular complexity index is 502. The van der Waals surface area contributed by atoms with Gasteiger partial charge in [-0.1, -0.05) is 62.4 Å². The molecule has 0 heteroatoms. The third-order valence-electron chi connectivity index (χ3n) is 4.47.